The first kappa shape index (κ1) is 20.1. The lowest BCUT2D eigenvalue weighted by molar-refractivity contribution is 0.0952. The van der Waals surface area contributed by atoms with Gasteiger partial charge < -0.3 is 20.2 Å². The van der Waals surface area contributed by atoms with Crippen LogP contribution in [-0.2, 0) is 0 Å². The molecule has 0 spiro atoms. The minimum atomic E-state index is -0.0388. The summed E-state index contributed by atoms with van der Waals surface area (Å²) in [7, 11) is 0. The largest absolute Gasteiger partial charge is 0.354 e. The van der Waals surface area contributed by atoms with Crippen LogP contribution < -0.4 is 5.32 Å². The fraction of sp³-hybridized carbons (Fsp3) is 0.348. The summed E-state index contributed by atoms with van der Waals surface area (Å²) in [6.07, 6.45) is 2.71. The first-order chi connectivity index (χ1) is 14.6. The number of aromatic nitrogens is 4. The molecule has 3 heterocycles. The van der Waals surface area contributed by atoms with Gasteiger partial charge in [0.05, 0.1) is 5.52 Å². The molecule has 0 fully saturated rings. The highest BCUT2D eigenvalue weighted by molar-refractivity contribution is 6.00. The Morgan fingerprint density at radius 1 is 1.13 bits per heavy atom. The third kappa shape index (κ3) is 4.07. The van der Waals surface area contributed by atoms with E-state index < -0.39 is 0 Å². The SMILES string of the molecule is CCN(CC)CCCNC(=O)c1ccc2cc(-c3ccnc4nc(C)[nH]c34)[nH]c2c1. The summed E-state index contributed by atoms with van der Waals surface area (Å²) < 4.78 is 0. The Morgan fingerprint density at radius 3 is 2.77 bits per heavy atom. The lowest BCUT2D eigenvalue weighted by Gasteiger charge is -2.17. The van der Waals surface area contributed by atoms with E-state index in [4.69, 9.17) is 0 Å². The Labute approximate surface area is 175 Å². The monoisotopic (exact) mass is 404 g/mol. The summed E-state index contributed by atoms with van der Waals surface area (Å²) in [6, 6.07) is 9.83. The standard InChI is InChI=1S/C23H28N6O/c1-4-29(5-2)12-6-10-25-23(30)17-8-7-16-13-20(28-19(16)14-17)18-9-11-24-22-21(18)26-15(3)27-22/h7-9,11,13-14,28H,4-6,10,12H2,1-3H3,(H,25,30)(H,24,26,27). The number of pyridine rings is 1. The molecule has 7 nitrogen and oxygen atoms in total. The van der Waals surface area contributed by atoms with Gasteiger partial charge in [-0.3, -0.25) is 4.79 Å². The van der Waals surface area contributed by atoms with E-state index in [-0.39, 0.29) is 5.91 Å². The van der Waals surface area contributed by atoms with Crippen LogP contribution in [0.2, 0.25) is 0 Å². The topological polar surface area (TPSA) is 89.7 Å². The number of carbonyl (C=O) groups is 1. The molecule has 4 aromatic rings. The highest BCUT2D eigenvalue weighted by Crippen LogP contribution is 2.29. The first-order valence-electron chi connectivity index (χ1n) is 10.5. The molecule has 0 aliphatic rings. The highest BCUT2D eigenvalue weighted by Gasteiger charge is 2.12. The van der Waals surface area contributed by atoms with Gasteiger partial charge in [0.15, 0.2) is 5.65 Å². The molecule has 4 rings (SSSR count). The number of aryl methyl sites for hydroxylation is 1. The predicted octanol–water partition coefficient (Wildman–Crippen LogP) is 3.88. The van der Waals surface area contributed by atoms with Crippen LogP contribution in [-0.4, -0.2) is 56.9 Å². The Bertz CT molecular complexity index is 1170. The molecule has 3 aromatic heterocycles. The molecule has 0 saturated carbocycles. The van der Waals surface area contributed by atoms with E-state index in [1.54, 1.807) is 6.20 Å². The maximum absolute atomic E-state index is 12.6. The first-order valence-corrected chi connectivity index (χ1v) is 10.5. The number of amides is 1. The molecule has 3 N–H and O–H groups in total. The second-order valence-electron chi connectivity index (χ2n) is 7.50. The van der Waals surface area contributed by atoms with Gasteiger partial charge in [0.1, 0.15) is 5.82 Å². The molecule has 0 atom stereocenters. The molecule has 1 amide bonds. The number of rotatable bonds is 8. The molecule has 7 heteroatoms. The van der Waals surface area contributed by atoms with E-state index >= 15 is 0 Å². The third-order valence-electron chi connectivity index (χ3n) is 5.52. The molecule has 0 bridgehead atoms. The number of benzene rings is 1. The molecule has 0 aliphatic heterocycles. The van der Waals surface area contributed by atoms with Crippen LogP contribution in [0.3, 0.4) is 0 Å². The number of imidazole rings is 1. The average molecular weight is 405 g/mol. The summed E-state index contributed by atoms with van der Waals surface area (Å²) in [5, 5.41) is 4.09. The van der Waals surface area contributed by atoms with Gasteiger partial charge in [-0.1, -0.05) is 19.9 Å². The molecule has 30 heavy (non-hydrogen) atoms. The summed E-state index contributed by atoms with van der Waals surface area (Å²) >= 11 is 0. The Hall–Kier alpha value is -3.19. The zero-order chi connectivity index (χ0) is 21.1. The van der Waals surface area contributed by atoms with Crippen molar-refractivity contribution in [3.63, 3.8) is 0 Å². The Morgan fingerprint density at radius 2 is 1.97 bits per heavy atom. The second kappa shape index (κ2) is 8.67. The fourth-order valence-electron chi connectivity index (χ4n) is 3.81. The average Bonchev–Trinajstić information content (AvgIpc) is 3.35. The van der Waals surface area contributed by atoms with E-state index in [1.807, 2.05) is 31.2 Å². The Kier molecular flexibility index (Phi) is 5.81. The van der Waals surface area contributed by atoms with Crippen molar-refractivity contribution in [3.05, 3.63) is 47.9 Å². The van der Waals surface area contributed by atoms with Gasteiger partial charge in [0.25, 0.3) is 5.91 Å². The van der Waals surface area contributed by atoms with Crippen LogP contribution in [0.4, 0.5) is 0 Å². The van der Waals surface area contributed by atoms with E-state index in [2.05, 4.69) is 50.1 Å². The number of hydrogen-bond donors (Lipinski definition) is 3. The Balaban J connectivity index is 1.50. The zero-order valence-corrected chi connectivity index (χ0v) is 17.7. The van der Waals surface area contributed by atoms with Crippen LogP contribution in [0.25, 0.3) is 33.3 Å². The smallest absolute Gasteiger partial charge is 0.251 e. The summed E-state index contributed by atoms with van der Waals surface area (Å²) in [6.45, 7) is 10.00. The summed E-state index contributed by atoms with van der Waals surface area (Å²) in [4.78, 5) is 30.4. The zero-order valence-electron chi connectivity index (χ0n) is 17.7. The van der Waals surface area contributed by atoms with Gasteiger partial charge in [-0.25, -0.2) is 9.97 Å². The van der Waals surface area contributed by atoms with Crippen LogP contribution in [0.15, 0.2) is 36.5 Å². The van der Waals surface area contributed by atoms with Gasteiger partial charge in [0.2, 0.25) is 0 Å². The molecule has 156 valence electrons. The summed E-state index contributed by atoms with van der Waals surface area (Å²) in [5.41, 5.74) is 5.19. The van der Waals surface area contributed by atoms with Crippen molar-refractivity contribution in [2.24, 2.45) is 0 Å². The third-order valence-corrected chi connectivity index (χ3v) is 5.52. The molecule has 0 saturated heterocycles. The van der Waals surface area contributed by atoms with Crippen molar-refractivity contribution in [1.82, 2.24) is 30.2 Å². The molecule has 0 aliphatic carbocycles. The number of nitrogens with one attached hydrogen (secondary N) is 3. The predicted molar refractivity (Wildman–Crippen MR) is 121 cm³/mol. The quantitative estimate of drug-likeness (QED) is 0.389. The fourth-order valence-corrected chi connectivity index (χ4v) is 3.81. The minimum Gasteiger partial charge on any atom is -0.354 e. The van der Waals surface area contributed by atoms with Crippen molar-refractivity contribution < 1.29 is 4.79 Å². The van der Waals surface area contributed by atoms with Gasteiger partial charge in [-0.15, -0.1) is 0 Å². The number of H-pyrrole nitrogens is 2. The lowest BCUT2D eigenvalue weighted by atomic mass is 10.1. The van der Waals surface area contributed by atoms with Crippen LogP contribution in [0.1, 0.15) is 36.5 Å². The normalized spacial score (nSPS) is 11.6. The van der Waals surface area contributed by atoms with E-state index in [9.17, 15) is 4.79 Å². The van der Waals surface area contributed by atoms with Crippen molar-refractivity contribution >= 4 is 28.0 Å². The number of carbonyl (C=O) groups excluding carboxylic acids is 1. The maximum Gasteiger partial charge on any atom is 0.251 e. The molecule has 1 aromatic carbocycles. The van der Waals surface area contributed by atoms with E-state index in [0.29, 0.717) is 17.8 Å². The highest BCUT2D eigenvalue weighted by atomic mass is 16.1. The van der Waals surface area contributed by atoms with Crippen LogP contribution in [0.5, 0.6) is 0 Å². The second-order valence-corrected chi connectivity index (χ2v) is 7.50. The van der Waals surface area contributed by atoms with Crippen molar-refractivity contribution in [2.75, 3.05) is 26.2 Å². The van der Waals surface area contributed by atoms with E-state index in [1.165, 1.54) is 0 Å². The van der Waals surface area contributed by atoms with Gasteiger partial charge in [-0.2, -0.15) is 0 Å². The van der Waals surface area contributed by atoms with Gasteiger partial charge in [0, 0.05) is 40.5 Å². The van der Waals surface area contributed by atoms with Crippen molar-refractivity contribution in [3.8, 4) is 11.3 Å². The number of aromatic amines is 2. The van der Waals surface area contributed by atoms with Gasteiger partial charge >= 0.3 is 0 Å². The van der Waals surface area contributed by atoms with Crippen LogP contribution >= 0.6 is 0 Å². The van der Waals surface area contributed by atoms with Crippen LogP contribution in [0, 0.1) is 6.92 Å². The maximum atomic E-state index is 12.6. The molecular weight excluding hydrogens is 376 g/mol. The lowest BCUT2D eigenvalue weighted by Crippen LogP contribution is -2.29. The summed E-state index contributed by atoms with van der Waals surface area (Å²) in [5.74, 6) is 0.795. The minimum absolute atomic E-state index is 0.0388. The van der Waals surface area contributed by atoms with Crippen molar-refractivity contribution in [1.29, 1.82) is 0 Å². The number of hydrogen-bond acceptors (Lipinski definition) is 4. The molecule has 0 unspecified atom stereocenters. The number of fused-ring (bicyclic) bond motifs is 2. The number of nitrogens with zero attached hydrogens (tertiary/aromatic N) is 3. The van der Waals surface area contributed by atoms with Gasteiger partial charge in [-0.05, 0) is 57.2 Å². The van der Waals surface area contributed by atoms with E-state index in [0.717, 1.165) is 59.6 Å². The molecular formula is C23H28N6O. The van der Waals surface area contributed by atoms with Crippen molar-refractivity contribution in [2.45, 2.75) is 27.2 Å². The molecule has 0 radical (unpaired) electrons.